The normalized spacial score (nSPS) is 22.0. The number of piperidine rings is 1. The van der Waals surface area contributed by atoms with Crippen LogP contribution in [0.5, 0.6) is 0 Å². The van der Waals surface area contributed by atoms with Gasteiger partial charge in [-0.05, 0) is 36.1 Å². The molecule has 3 N–H and O–H groups in total. The smallest absolute Gasteiger partial charge is 0.271 e. The number of amides is 4. The molecule has 0 aromatic heterocycles. The van der Waals surface area contributed by atoms with E-state index >= 15 is 0 Å². The van der Waals surface area contributed by atoms with Crippen molar-refractivity contribution in [3.05, 3.63) is 48.0 Å². The zero-order chi connectivity index (χ0) is 18.4. The van der Waals surface area contributed by atoms with Crippen LogP contribution >= 0.6 is 0 Å². The zero-order valence-corrected chi connectivity index (χ0v) is 14.2. The summed E-state index contributed by atoms with van der Waals surface area (Å²) in [7, 11) is 0. The second-order valence-corrected chi connectivity index (χ2v) is 6.94. The van der Waals surface area contributed by atoms with E-state index in [1.54, 1.807) is 12.1 Å². The van der Waals surface area contributed by atoms with Crippen LogP contribution in [-0.4, -0.2) is 40.8 Å². The highest BCUT2D eigenvalue weighted by Crippen LogP contribution is 2.40. The number of quaternary nitrogens is 1. The van der Waals surface area contributed by atoms with Crippen LogP contribution in [0.1, 0.15) is 24.8 Å². The van der Waals surface area contributed by atoms with Gasteiger partial charge >= 0.3 is 23.4 Å². The highest BCUT2D eigenvalue weighted by atomic mass is 16.6. The van der Waals surface area contributed by atoms with Gasteiger partial charge in [-0.15, -0.1) is 0 Å². The topological polar surface area (TPSA) is 95.5 Å². The van der Waals surface area contributed by atoms with Crippen LogP contribution < -0.4 is 10.6 Å². The summed E-state index contributed by atoms with van der Waals surface area (Å²) in [6.45, 7) is 0.531. The van der Waals surface area contributed by atoms with E-state index < -0.39 is 28.0 Å². The summed E-state index contributed by atoms with van der Waals surface area (Å²) in [4.78, 5) is 37.7. The van der Waals surface area contributed by atoms with Crippen LogP contribution in [0, 0.1) is 0 Å². The number of carbonyl (C=O) groups excluding carboxylic acids is 3. The Kier molecular flexibility index (Phi) is 3.78. The van der Waals surface area contributed by atoms with Gasteiger partial charge in [-0.25, -0.2) is 10.0 Å². The number of nitrogens with zero attached hydrogens (tertiary/aromatic N) is 1. The molecule has 2 heterocycles. The quantitative estimate of drug-likeness (QED) is 0.566. The maximum Gasteiger partial charge on any atom is 0.328 e. The number of nitrogens with one attached hydrogen (secondary N) is 2. The Hall–Kier alpha value is -2.77. The first-order valence-corrected chi connectivity index (χ1v) is 8.73. The SMILES string of the molecule is O=C1NC(=O)C(c2ccc3ccccc3c2)([N+]2(O)CCCCC2)C(=O)N1. The minimum atomic E-state index is -1.90. The van der Waals surface area contributed by atoms with Crippen molar-refractivity contribution in [1.29, 1.82) is 0 Å². The molecule has 0 aliphatic carbocycles. The molecule has 2 fully saturated rings. The number of carbonyl (C=O) groups is 3. The molecule has 4 rings (SSSR count). The molecular formula is C19H20N3O4+. The van der Waals surface area contributed by atoms with Gasteiger partial charge in [0.1, 0.15) is 13.1 Å². The largest absolute Gasteiger partial charge is 0.328 e. The fourth-order valence-electron chi connectivity index (χ4n) is 4.19. The first kappa shape index (κ1) is 16.7. The average molecular weight is 354 g/mol. The van der Waals surface area contributed by atoms with E-state index in [-0.39, 0.29) is 13.1 Å². The molecule has 0 radical (unpaired) electrons. The van der Waals surface area contributed by atoms with Crippen molar-refractivity contribution in [2.75, 3.05) is 13.1 Å². The molecule has 0 bridgehead atoms. The molecule has 4 amide bonds. The van der Waals surface area contributed by atoms with Gasteiger partial charge in [-0.1, -0.05) is 36.4 Å². The van der Waals surface area contributed by atoms with Crippen LogP contribution in [0.4, 0.5) is 4.79 Å². The molecule has 7 heteroatoms. The third-order valence-electron chi connectivity index (χ3n) is 5.46. The van der Waals surface area contributed by atoms with Gasteiger partial charge in [0.25, 0.3) is 0 Å². The predicted octanol–water partition coefficient (Wildman–Crippen LogP) is 1.79. The number of rotatable bonds is 2. The molecule has 0 spiro atoms. The van der Waals surface area contributed by atoms with E-state index in [1.165, 1.54) is 0 Å². The van der Waals surface area contributed by atoms with Gasteiger partial charge in [-0.2, -0.15) is 4.65 Å². The first-order chi connectivity index (χ1) is 12.5. The summed E-state index contributed by atoms with van der Waals surface area (Å²) in [5.41, 5.74) is -1.53. The lowest BCUT2D eigenvalue weighted by molar-refractivity contribution is -1.13. The van der Waals surface area contributed by atoms with Crippen molar-refractivity contribution in [2.24, 2.45) is 0 Å². The Bertz CT molecular complexity index is 898. The number of fused-ring (bicyclic) bond motifs is 1. The lowest BCUT2D eigenvalue weighted by atomic mass is 9.81. The van der Waals surface area contributed by atoms with E-state index in [2.05, 4.69) is 10.6 Å². The number of imide groups is 2. The van der Waals surface area contributed by atoms with Crippen LogP contribution in [0.25, 0.3) is 10.8 Å². The second kappa shape index (κ2) is 5.89. The number of hydrogen-bond donors (Lipinski definition) is 3. The van der Waals surface area contributed by atoms with Gasteiger partial charge in [0.05, 0.1) is 0 Å². The van der Waals surface area contributed by atoms with E-state index in [0.717, 1.165) is 17.2 Å². The van der Waals surface area contributed by atoms with Gasteiger partial charge in [-0.3, -0.25) is 20.2 Å². The third kappa shape index (κ3) is 2.24. The first-order valence-electron chi connectivity index (χ1n) is 8.73. The number of hydrogen-bond acceptors (Lipinski definition) is 4. The molecule has 2 aromatic rings. The molecule has 2 aromatic carbocycles. The van der Waals surface area contributed by atoms with Crippen LogP contribution in [0.2, 0.25) is 0 Å². The Morgan fingerprint density at radius 2 is 1.46 bits per heavy atom. The van der Waals surface area contributed by atoms with Crippen molar-refractivity contribution in [3.63, 3.8) is 0 Å². The fourth-order valence-corrected chi connectivity index (χ4v) is 4.19. The van der Waals surface area contributed by atoms with E-state index in [0.29, 0.717) is 18.4 Å². The van der Waals surface area contributed by atoms with Crippen molar-refractivity contribution in [2.45, 2.75) is 24.8 Å². The number of hydroxylamine groups is 3. The van der Waals surface area contributed by atoms with Crippen molar-refractivity contribution < 1.29 is 24.2 Å². The standard InChI is InChI=1S/C19H19N3O4/c23-16-19(17(24)21-18(25)20-16,22(26)10-4-1-5-11-22)15-9-8-13-6-2-3-7-14(13)12-15/h2-3,6-9,12,26H,1,4-5,10-11H2,(H-,20,21,23,24,25)/p+1. The lowest BCUT2D eigenvalue weighted by Crippen LogP contribution is -2.77. The summed E-state index contributed by atoms with van der Waals surface area (Å²) in [5.74, 6) is -1.57. The third-order valence-corrected chi connectivity index (χ3v) is 5.46. The van der Waals surface area contributed by atoms with Crippen LogP contribution in [0.3, 0.4) is 0 Å². The molecule has 2 saturated heterocycles. The van der Waals surface area contributed by atoms with Crippen molar-refractivity contribution in [3.8, 4) is 0 Å². The minimum absolute atomic E-state index is 0.266. The van der Waals surface area contributed by atoms with Crippen LogP contribution in [-0.2, 0) is 15.1 Å². The van der Waals surface area contributed by atoms with Gasteiger partial charge in [0.2, 0.25) is 0 Å². The van der Waals surface area contributed by atoms with E-state index in [4.69, 9.17) is 0 Å². The zero-order valence-electron chi connectivity index (χ0n) is 14.2. The van der Waals surface area contributed by atoms with Crippen molar-refractivity contribution in [1.82, 2.24) is 10.6 Å². The van der Waals surface area contributed by atoms with Gasteiger partial charge < -0.3 is 0 Å². The van der Waals surface area contributed by atoms with Gasteiger partial charge in [0.15, 0.2) is 0 Å². The molecular weight excluding hydrogens is 334 g/mol. The molecule has 0 unspecified atom stereocenters. The maximum absolute atomic E-state index is 13.0. The Balaban J connectivity index is 1.96. The molecule has 0 saturated carbocycles. The minimum Gasteiger partial charge on any atom is -0.271 e. The predicted molar refractivity (Wildman–Crippen MR) is 92.9 cm³/mol. The monoisotopic (exact) mass is 354 g/mol. The fraction of sp³-hybridized carbons (Fsp3) is 0.316. The van der Waals surface area contributed by atoms with Crippen LogP contribution in [0.15, 0.2) is 42.5 Å². The summed E-state index contributed by atoms with van der Waals surface area (Å²) < 4.78 is -0.726. The van der Waals surface area contributed by atoms with Gasteiger partial charge in [0, 0.05) is 5.56 Å². The number of benzene rings is 2. The highest BCUT2D eigenvalue weighted by Gasteiger charge is 2.67. The summed E-state index contributed by atoms with van der Waals surface area (Å²) >= 11 is 0. The highest BCUT2D eigenvalue weighted by molar-refractivity contribution is 6.21. The van der Waals surface area contributed by atoms with Crippen molar-refractivity contribution >= 4 is 28.6 Å². The van der Waals surface area contributed by atoms with E-state index in [1.807, 2.05) is 30.3 Å². The Morgan fingerprint density at radius 1 is 0.846 bits per heavy atom. The Morgan fingerprint density at radius 3 is 2.12 bits per heavy atom. The average Bonchev–Trinajstić information content (AvgIpc) is 2.61. The molecule has 7 nitrogen and oxygen atoms in total. The molecule has 2 aliphatic heterocycles. The second-order valence-electron chi connectivity index (χ2n) is 6.94. The molecule has 26 heavy (non-hydrogen) atoms. The lowest BCUT2D eigenvalue weighted by Gasteiger charge is -2.47. The molecule has 0 atom stereocenters. The number of barbiturate groups is 1. The van der Waals surface area contributed by atoms with E-state index in [9.17, 15) is 19.6 Å². The summed E-state index contributed by atoms with van der Waals surface area (Å²) in [5, 5.41) is 17.6. The number of likely N-dealkylation sites (tertiary alicyclic amines) is 1. The summed E-state index contributed by atoms with van der Waals surface area (Å²) in [6, 6.07) is 12.0. The Labute approximate surface area is 150 Å². The maximum atomic E-state index is 13.0. The number of urea groups is 1. The molecule has 2 aliphatic rings. The summed E-state index contributed by atoms with van der Waals surface area (Å²) in [6.07, 6.45) is 2.32. The molecule has 134 valence electrons.